The molecule has 1 aromatic heterocycles. The molecule has 6 nitrogen and oxygen atoms in total. The molecule has 0 aliphatic carbocycles. The minimum Gasteiger partial charge on any atom is -0.444 e. The quantitative estimate of drug-likeness (QED) is 0.788. The lowest BCUT2D eigenvalue weighted by molar-refractivity contribution is 0.0219. The second-order valence-corrected chi connectivity index (χ2v) is 7.20. The number of amides is 1. The molecule has 0 fully saturated rings. The Labute approximate surface area is 156 Å². The lowest BCUT2D eigenvalue weighted by atomic mass is 10.1. The molecule has 0 saturated carbocycles. The van der Waals surface area contributed by atoms with Gasteiger partial charge in [0.1, 0.15) is 17.7 Å². The van der Waals surface area contributed by atoms with Crippen LogP contribution in [0, 0.1) is 0 Å². The first-order chi connectivity index (χ1) is 12.7. The van der Waals surface area contributed by atoms with Gasteiger partial charge in [-0.25, -0.2) is 23.5 Å². The van der Waals surface area contributed by atoms with E-state index in [-0.39, 0.29) is 23.7 Å². The van der Waals surface area contributed by atoms with Crippen molar-refractivity contribution in [3.63, 3.8) is 0 Å². The summed E-state index contributed by atoms with van der Waals surface area (Å²) in [5, 5.41) is 0. The number of aromatic nitrogens is 2. The molecule has 3 rings (SSSR count). The summed E-state index contributed by atoms with van der Waals surface area (Å²) in [6, 6.07) is 5.95. The highest BCUT2D eigenvalue weighted by Gasteiger charge is 2.28. The van der Waals surface area contributed by atoms with Crippen molar-refractivity contribution in [1.82, 2.24) is 14.9 Å². The molecule has 1 aromatic carbocycles. The fraction of sp³-hybridized carbons (Fsp3) is 0.421. The molecule has 0 unspecified atom stereocenters. The zero-order valence-electron chi connectivity index (χ0n) is 15.4. The number of hydrogen-bond donors (Lipinski definition) is 0. The first-order valence-electron chi connectivity index (χ1n) is 8.60. The number of carbonyl (C=O) groups is 1. The summed E-state index contributed by atoms with van der Waals surface area (Å²) in [5.41, 5.74) is 0.542. The van der Waals surface area contributed by atoms with Gasteiger partial charge in [-0.05, 0) is 39.3 Å². The molecule has 27 heavy (non-hydrogen) atoms. The van der Waals surface area contributed by atoms with Crippen LogP contribution in [0.5, 0.6) is 11.6 Å². The smallest absolute Gasteiger partial charge is 0.410 e. The Bertz CT molecular complexity index is 837. The molecule has 2 aromatic rings. The predicted octanol–water partition coefficient (Wildman–Crippen LogP) is 4.50. The van der Waals surface area contributed by atoms with Gasteiger partial charge in [-0.15, -0.1) is 0 Å². The third kappa shape index (κ3) is 4.50. The standard InChI is InChI=1S/C19H21F2N3O3/c1-19(2,3)27-18(25)24-9-8-12-14(10-24)22-11-23-17(12)26-15-7-5-4-6-13(15)16(20)21/h4-7,11,16H,8-10H2,1-3H3. The van der Waals surface area contributed by atoms with Crippen molar-refractivity contribution in [3.05, 3.63) is 47.4 Å². The lowest BCUT2D eigenvalue weighted by Crippen LogP contribution is -2.40. The molecule has 2 heterocycles. The van der Waals surface area contributed by atoms with E-state index in [4.69, 9.17) is 9.47 Å². The van der Waals surface area contributed by atoms with E-state index in [1.807, 2.05) is 0 Å². The molecule has 1 aliphatic heterocycles. The molecule has 0 atom stereocenters. The topological polar surface area (TPSA) is 64.5 Å². The fourth-order valence-electron chi connectivity index (χ4n) is 2.75. The summed E-state index contributed by atoms with van der Waals surface area (Å²) in [6.45, 7) is 6.06. The Morgan fingerprint density at radius 3 is 2.67 bits per heavy atom. The van der Waals surface area contributed by atoms with E-state index >= 15 is 0 Å². The van der Waals surface area contributed by atoms with E-state index in [2.05, 4.69) is 9.97 Å². The van der Waals surface area contributed by atoms with Gasteiger partial charge in [-0.1, -0.05) is 12.1 Å². The summed E-state index contributed by atoms with van der Waals surface area (Å²) in [7, 11) is 0. The van der Waals surface area contributed by atoms with Crippen LogP contribution in [0.4, 0.5) is 13.6 Å². The van der Waals surface area contributed by atoms with Gasteiger partial charge in [0.25, 0.3) is 6.43 Å². The number of alkyl halides is 2. The summed E-state index contributed by atoms with van der Waals surface area (Å²) >= 11 is 0. The van der Waals surface area contributed by atoms with E-state index in [0.717, 1.165) is 0 Å². The first kappa shape index (κ1) is 19.0. The van der Waals surface area contributed by atoms with Crippen LogP contribution in [0.15, 0.2) is 30.6 Å². The highest BCUT2D eigenvalue weighted by Crippen LogP contribution is 2.34. The third-order valence-corrected chi connectivity index (χ3v) is 3.98. The summed E-state index contributed by atoms with van der Waals surface area (Å²) in [6.07, 6.45) is -1.32. The van der Waals surface area contributed by atoms with Gasteiger partial charge in [0.05, 0.1) is 17.8 Å². The van der Waals surface area contributed by atoms with E-state index < -0.39 is 18.1 Å². The fourth-order valence-corrected chi connectivity index (χ4v) is 2.75. The van der Waals surface area contributed by atoms with E-state index in [1.165, 1.54) is 24.5 Å². The monoisotopic (exact) mass is 377 g/mol. The second-order valence-electron chi connectivity index (χ2n) is 7.20. The average molecular weight is 377 g/mol. The van der Waals surface area contributed by atoms with Crippen LogP contribution in [0.2, 0.25) is 0 Å². The Kier molecular flexibility index (Phi) is 5.25. The van der Waals surface area contributed by atoms with Crippen LogP contribution in [0.1, 0.15) is 44.0 Å². The molecule has 1 amide bonds. The molecule has 8 heteroatoms. The van der Waals surface area contributed by atoms with Crippen LogP contribution >= 0.6 is 0 Å². The number of hydrogen-bond acceptors (Lipinski definition) is 5. The van der Waals surface area contributed by atoms with Gasteiger partial charge in [-0.2, -0.15) is 0 Å². The Morgan fingerprint density at radius 2 is 1.96 bits per heavy atom. The maximum absolute atomic E-state index is 13.2. The maximum Gasteiger partial charge on any atom is 0.410 e. The molecule has 1 aliphatic rings. The number of benzene rings is 1. The van der Waals surface area contributed by atoms with E-state index in [0.29, 0.717) is 24.2 Å². The van der Waals surface area contributed by atoms with E-state index in [1.54, 1.807) is 31.7 Å². The minimum atomic E-state index is -2.65. The van der Waals surface area contributed by atoms with Gasteiger partial charge in [-0.3, -0.25) is 0 Å². The number of fused-ring (bicyclic) bond motifs is 1. The van der Waals surface area contributed by atoms with Crippen molar-refractivity contribution in [2.75, 3.05) is 6.54 Å². The van der Waals surface area contributed by atoms with Crippen molar-refractivity contribution < 1.29 is 23.0 Å². The van der Waals surface area contributed by atoms with Crippen LogP contribution < -0.4 is 4.74 Å². The lowest BCUT2D eigenvalue weighted by Gasteiger charge is -2.30. The number of carbonyl (C=O) groups excluding carboxylic acids is 1. The molecule has 0 bridgehead atoms. The van der Waals surface area contributed by atoms with Crippen LogP contribution in [0.25, 0.3) is 0 Å². The van der Waals surface area contributed by atoms with Crippen molar-refractivity contribution in [3.8, 4) is 11.6 Å². The first-order valence-corrected chi connectivity index (χ1v) is 8.60. The number of ether oxygens (including phenoxy) is 2. The summed E-state index contributed by atoms with van der Waals surface area (Å²) in [4.78, 5) is 22.1. The molecular weight excluding hydrogens is 356 g/mol. The normalized spacial score (nSPS) is 14.1. The number of rotatable bonds is 3. The number of nitrogens with zero attached hydrogens (tertiary/aromatic N) is 3. The largest absolute Gasteiger partial charge is 0.444 e. The number of halogens is 2. The third-order valence-electron chi connectivity index (χ3n) is 3.98. The zero-order chi connectivity index (χ0) is 19.6. The highest BCUT2D eigenvalue weighted by molar-refractivity contribution is 5.68. The molecule has 0 radical (unpaired) electrons. The van der Waals surface area contributed by atoms with Crippen LogP contribution in [-0.4, -0.2) is 33.1 Å². The maximum atomic E-state index is 13.2. The predicted molar refractivity (Wildman–Crippen MR) is 93.9 cm³/mol. The van der Waals surface area contributed by atoms with Gasteiger partial charge >= 0.3 is 6.09 Å². The van der Waals surface area contributed by atoms with Crippen LogP contribution in [0.3, 0.4) is 0 Å². The average Bonchev–Trinajstić information content (AvgIpc) is 2.60. The van der Waals surface area contributed by atoms with Gasteiger partial charge in [0, 0.05) is 12.1 Å². The molecule has 0 spiro atoms. The van der Waals surface area contributed by atoms with E-state index in [9.17, 15) is 13.6 Å². The Hall–Kier alpha value is -2.77. The summed E-state index contributed by atoms with van der Waals surface area (Å²) < 4.78 is 37.4. The molecule has 0 N–H and O–H groups in total. The Balaban J connectivity index is 1.81. The minimum absolute atomic E-state index is 0.0583. The van der Waals surface area contributed by atoms with Crippen molar-refractivity contribution in [2.24, 2.45) is 0 Å². The molecule has 144 valence electrons. The highest BCUT2D eigenvalue weighted by atomic mass is 19.3. The second kappa shape index (κ2) is 7.46. The Morgan fingerprint density at radius 1 is 1.22 bits per heavy atom. The zero-order valence-corrected chi connectivity index (χ0v) is 15.4. The van der Waals surface area contributed by atoms with Crippen molar-refractivity contribution >= 4 is 6.09 Å². The van der Waals surface area contributed by atoms with Gasteiger partial charge in [0.15, 0.2) is 0 Å². The summed E-state index contributed by atoms with van der Waals surface area (Å²) in [5.74, 6) is 0.292. The SMILES string of the molecule is CC(C)(C)OC(=O)N1CCc2c(ncnc2Oc2ccccc2C(F)F)C1. The van der Waals surface area contributed by atoms with Crippen molar-refractivity contribution in [1.29, 1.82) is 0 Å². The molecular formula is C19H21F2N3O3. The number of para-hydroxylation sites is 1. The van der Waals surface area contributed by atoms with Crippen molar-refractivity contribution in [2.45, 2.75) is 45.8 Å². The van der Waals surface area contributed by atoms with Crippen LogP contribution in [-0.2, 0) is 17.7 Å². The van der Waals surface area contributed by atoms with Gasteiger partial charge < -0.3 is 14.4 Å². The van der Waals surface area contributed by atoms with Gasteiger partial charge in [0.2, 0.25) is 5.88 Å². The molecule has 0 saturated heterocycles.